The van der Waals surface area contributed by atoms with Crippen LogP contribution < -0.4 is 61.2 Å². The van der Waals surface area contributed by atoms with Crippen LogP contribution in [0.2, 0.25) is 0 Å². The standard InChI is InChI=1S/C84H72B2N4O2S/c1-81(2)41-43-83(5,6)64-45-57(37-39-62(64)81)87(53-25-13-9-14-26-53)59-47-70-77-74(49-59)91-72-52-73-68(51-67(72)85(77)66-34-22-23-35-69(66)89(70)55-29-17-11-18-30-55)86-78-71(90(56-31-19-12-20-32-56)79-61-33-21-24-36-76(61)93-80(79)86)48-60(50-75(78)92-73)88(54-27-15-10-16-28-54)58-38-40-63-65(46-58)84(7,8)44-42-82(63,3)4/h9-40,45-52H,41-44H2,1-8H3. The number of ether oxygens (including phenoxy) is 2. The van der Waals surface area contributed by atoms with E-state index in [0.717, 1.165) is 133 Å². The first-order chi connectivity index (χ1) is 45.1. The maximum absolute atomic E-state index is 7.73. The number of nitrogens with zero attached hydrogens (tertiary/aromatic N) is 4. The van der Waals surface area contributed by atoms with Crippen molar-refractivity contribution in [3.05, 3.63) is 265 Å². The van der Waals surface area contributed by atoms with Crippen LogP contribution in [0.15, 0.2) is 243 Å². The average molecular weight is 1220 g/mol. The van der Waals surface area contributed by atoms with Crippen LogP contribution in [0, 0.1) is 0 Å². The molecule has 12 aromatic rings. The Kier molecular flexibility index (Phi) is 12.3. The number of thiophene rings is 1. The summed E-state index contributed by atoms with van der Waals surface area (Å²) in [5.74, 6) is 3.26. The summed E-state index contributed by atoms with van der Waals surface area (Å²) >= 11 is 1.91. The van der Waals surface area contributed by atoms with Crippen molar-refractivity contribution < 1.29 is 9.47 Å². The summed E-state index contributed by atoms with van der Waals surface area (Å²) in [7, 11) is 0. The maximum atomic E-state index is 7.73. The highest BCUT2D eigenvalue weighted by atomic mass is 32.1. The Morgan fingerprint density at radius 1 is 0.344 bits per heavy atom. The average Bonchev–Trinajstić information content (AvgIpc) is 1.65. The largest absolute Gasteiger partial charge is 0.458 e. The molecule has 0 fully saturated rings. The first kappa shape index (κ1) is 56.1. The molecule has 2 aliphatic carbocycles. The fourth-order valence-electron chi connectivity index (χ4n) is 16.8. The zero-order chi connectivity index (χ0) is 62.9. The molecule has 1 aromatic heterocycles. The topological polar surface area (TPSA) is 31.4 Å². The van der Waals surface area contributed by atoms with Gasteiger partial charge in [-0.25, -0.2) is 0 Å². The molecule has 6 aliphatic rings. The van der Waals surface area contributed by atoms with Crippen molar-refractivity contribution in [1.29, 1.82) is 0 Å². The van der Waals surface area contributed by atoms with Gasteiger partial charge in [-0.05, 0) is 194 Å². The first-order valence-corrected chi connectivity index (χ1v) is 34.1. The molecule has 452 valence electrons. The molecule has 18 rings (SSSR count). The monoisotopic (exact) mass is 1220 g/mol. The molecule has 4 aliphatic heterocycles. The summed E-state index contributed by atoms with van der Waals surface area (Å²) in [6.45, 7) is 19.0. The van der Waals surface area contributed by atoms with Crippen molar-refractivity contribution >= 4 is 135 Å². The predicted octanol–water partition coefficient (Wildman–Crippen LogP) is 19.3. The van der Waals surface area contributed by atoms with E-state index in [1.807, 2.05) is 11.3 Å². The lowest BCUT2D eigenvalue weighted by molar-refractivity contribution is 0.332. The number of hydrogen-bond donors (Lipinski definition) is 0. The molecule has 0 spiro atoms. The fraction of sp³-hybridized carbons (Fsp3) is 0.190. The van der Waals surface area contributed by atoms with Gasteiger partial charge in [-0.1, -0.05) is 183 Å². The van der Waals surface area contributed by atoms with E-state index in [1.54, 1.807) is 0 Å². The Hall–Kier alpha value is -9.69. The summed E-state index contributed by atoms with van der Waals surface area (Å²) in [5, 5.41) is 1.23. The molecule has 0 amide bonds. The number of hydrogen-bond acceptors (Lipinski definition) is 7. The van der Waals surface area contributed by atoms with Crippen molar-refractivity contribution in [2.45, 2.75) is 103 Å². The molecule has 6 nitrogen and oxygen atoms in total. The van der Waals surface area contributed by atoms with Gasteiger partial charge < -0.3 is 29.1 Å². The summed E-state index contributed by atoms with van der Waals surface area (Å²) in [6, 6.07) is 90.5. The van der Waals surface area contributed by atoms with E-state index < -0.39 is 0 Å². The minimum Gasteiger partial charge on any atom is -0.458 e. The maximum Gasteiger partial charge on any atom is 0.268 e. The van der Waals surface area contributed by atoms with E-state index in [9.17, 15) is 0 Å². The second kappa shape index (κ2) is 20.4. The van der Waals surface area contributed by atoms with Crippen LogP contribution in [0.5, 0.6) is 23.0 Å². The molecule has 0 N–H and O–H groups in total. The highest BCUT2D eigenvalue weighted by Crippen LogP contribution is 2.54. The molecule has 0 atom stereocenters. The predicted molar refractivity (Wildman–Crippen MR) is 393 cm³/mol. The highest BCUT2D eigenvalue weighted by Gasteiger charge is 2.49. The molecule has 0 saturated heterocycles. The molecule has 0 bridgehead atoms. The molecule has 0 unspecified atom stereocenters. The Bertz CT molecular complexity index is 5040. The van der Waals surface area contributed by atoms with Crippen LogP contribution in [0.4, 0.5) is 68.2 Å². The van der Waals surface area contributed by atoms with Gasteiger partial charge in [-0.15, -0.1) is 11.3 Å². The first-order valence-electron chi connectivity index (χ1n) is 33.3. The molecule has 5 heterocycles. The van der Waals surface area contributed by atoms with E-state index in [2.05, 4.69) is 318 Å². The lowest BCUT2D eigenvalue weighted by atomic mass is 9.32. The van der Waals surface area contributed by atoms with Gasteiger partial charge in [0.2, 0.25) is 0 Å². The Labute approximate surface area is 551 Å². The molecular weight excluding hydrogens is 1150 g/mol. The number of anilines is 12. The van der Waals surface area contributed by atoms with Crippen molar-refractivity contribution in [2.24, 2.45) is 0 Å². The Balaban J connectivity index is 0.869. The normalized spacial score (nSPS) is 16.6. The molecular formula is C84H72B2N4O2S. The van der Waals surface area contributed by atoms with E-state index in [4.69, 9.17) is 9.47 Å². The van der Waals surface area contributed by atoms with E-state index in [0.29, 0.717) is 0 Å². The smallest absolute Gasteiger partial charge is 0.268 e. The minimum atomic E-state index is -0.174. The summed E-state index contributed by atoms with van der Waals surface area (Å²) in [6.07, 6.45) is 4.56. The quantitative estimate of drug-likeness (QED) is 0.141. The van der Waals surface area contributed by atoms with Gasteiger partial charge >= 0.3 is 0 Å². The van der Waals surface area contributed by atoms with Crippen LogP contribution >= 0.6 is 11.3 Å². The van der Waals surface area contributed by atoms with Crippen LogP contribution in [0.3, 0.4) is 0 Å². The Morgan fingerprint density at radius 2 is 0.785 bits per heavy atom. The highest BCUT2D eigenvalue weighted by molar-refractivity contribution is 7.33. The van der Waals surface area contributed by atoms with Crippen molar-refractivity contribution in [3.8, 4) is 23.0 Å². The number of rotatable bonds is 8. The van der Waals surface area contributed by atoms with Crippen LogP contribution in [-0.4, -0.2) is 13.4 Å². The van der Waals surface area contributed by atoms with Crippen molar-refractivity contribution in [2.75, 3.05) is 19.6 Å². The Morgan fingerprint density at radius 3 is 1.33 bits per heavy atom. The van der Waals surface area contributed by atoms with Gasteiger partial charge in [0.05, 0.1) is 17.1 Å². The van der Waals surface area contributed by atoms with Gasteiger partial charge in [0.25, 0.3) is 13.4 Å². The van der Waals surface area contributed by atoms with Crippen LogP contribution in [-0.2, 0) is 21.7 Å². The third-order valence-corrected chi connectivity index (χ3v) is 23.0. The number of benzene rings is 11. The zero-order valence-electron chi connectivity index (χ0n) is 54.1. The van der Waals surface area contributed by atoms with E-state index in [1.165, 1.54) is 48.3 Å². The lowest BCUT2D eigenvalue weighted by Crippen LogP contribution is -2.62. The summed E-state index contributed by atoms with van der Waals surface area (Å²) < 4.78 is 18.0. The molecule has 0 radical (unpaired) electrons. The van der Waals surface area contributed by atoms with E-state index in [-0.39, 0.29) is 35.1 Å². The second-order valence-electron chi connectivity index (χ2n) is 29.3. The number of fused-ring (bicyclic) bond motifs is 12. The van der Waals surface area contributed by atoms with Crippen molar-refractivity contribution in [3.63, 3.8) is 0 Å². The minimum absolute atomic E-state index is 0.00919. The lowest BCUT2D eigenvalue weighted by Gasteiger charge is -2.43. The van der Waals surface area contributed by atoms with Crippen molar-refractivity contribution in [1.82, 2.24) is 0 Å². The molecule has 9 heteroatoms. The van der Waals surface area contributed by atoms with Gasteiger partial charge in [0.1, 0.15) is 23.0 Å². The molecule has 0 saturated carbocycles. The SMILES string of the molecule is CC1(C)CCC(C)(C)c2cc(N(c3ccccc3)c3cc4c5c(c3)N(c3ccccc3)c3ccccc3B5c3cc5c(cc3O4)Oc3cc(N(c4ccccc4)c4ccc6c(c4)C(C)(C)CCC6(C)C)cc4c3B5c3sc5ccccc5c3N4c3ccccc3)ccc21. The van der Waals surface area contributed by atoms with Crippen LogP contribution in [0.25, 0.3) is 10.1 Å². The van der Waals surface area contributed by atoms with Gasteiger partial charge in [0.15, 0.2) is 0 Å². The second-order valence-corrected chi connectivity index (χ2v) is 30.4. The third-order valence-electron chi connectivity index (χ3n) is 21.8. The van der Waals surface area contributed by atoms with Gasteiger partial charge in [-0.2, -0.15) is 0 Å². The third kappa shape index (κ3) is 8.61. The fourth-order valence-corrected chi connectivity index (χ4v) is 18.1. The van der Waals surface area contributed by atoms with Gasteiger partial charge in [0, 0.05) is 84.2 Å². The molecule has 93 heavy (non-hydrogen) atoms. The van der Waals surface area contributed by atoms with Crippen LogP contribution in [0.1, 0.15) is 103 Å². The zero-order valence-corrected chi connectivity index (χ0v) is 54.9. The number of para-hydroxylation sites is 5. The van der Waals surface area contributed by atoms with Gasteiger partial charge in [-0.3, -0.25) is 0 Å². The van der Waals surface area contributed by atoms with E-state index >= 15 is 0 Å². The summed E-state index contributed by atoms with van der Waals surface area (Å²) in [4.78, 5) is 9.91. The molecule has 11 aromatic carbocycles. The summed E-state index contributed by atoms with van der Waals surface area (Å²) in [5.41, 5.74) is 24.9.